The lowest BCUT2D eigenvalue weighted by Crippen LogP contribution is -2.38. The van der Waals surface area contributed by atoms with E-state index in [9.17, 15) is 19.8 Å². The molecule has 0 aliphatic carbocycles. The van der Waals surface area contributed by atoms with Crippen LogP contribution in [0.25, 0.3) is 6.08 Å². The van der Waals surface area contributed by atoms with Gasteiger partial charge in [-0.25, -0.2) is 4.79 Å². The largest absolute Gasteiger partial charge is 0.395 e. The number of rotatable bonds is 3. The van der Waals surface area contributed by atoms with Crippen molar-refractivity contribution in [2.45, 2.75) is 22.8 Å². The summed E-state index contributed by atoms with van der Waals surface area (Å²) in [6.07, 6.45) is 0.429. The summed E-state index contributed by atoms with van der Waals surface area (Å²) in [4.78, 5) is 27.0. The molecule has 0 saturated carbocycles. The van der Waals surface area contributed by atoms with Crippen molar-refractivity contribution >= 4 is 33.8 Å². The van der Waals surface area contributed by atoms with E-state index in [-0.39, 0.29) is 12.2 Å². The SMILES string of the molecule is O=c1[nH]c(=O)n([C@@H]2S[C@H](CO)[C@@H](O)[C@H]2O)cc1/C=C/Br. The van der Waals surface area contributed by atoms with Crippen LogP contribution in [-0.4, -0.2) is 48.9 Å². The first-order valence-electron chi connectivity index (χ1n) is 5.74. The van der Waals surface area contributed by atoms with Gasteiger partial charge in [-0.3, -0.25) is 14.3 Å². The van der Waals surface area contributed by atoms with Crippen molar-refractivity contribution in [3.05, 3.63) is 37.6 Å². The monoisotopic (exact) mass is 364 g/mol. The number of halogens is 1. The molecule has 0 radical (unpaired) electrons. The fraction of sp³-hybridized carbons (Fsp3) is 0.455. The Hall–Kier alpha value is -0.870. The summed E-state index contributed by atoms with van der Waals surface area (Å²) in [5.41, 5.74) is -0.987. The second-order valence-corrected chi connectivity index (χ2v) is 6.16. The highest BCUT2D eigenvalue weighted by Crippen LogP contribution is 2.40. The van der Waals surface area contributed by atoms with E-state index in [2.05, 4.69) is 20.9 Å². The average molecular weight is 365 g/mol. The third-order valence-electron chi connectivity index (χ3n) is 3.03. The van der Waals surface area contributed by atoms with Gasteiger partial charge < -0.3 is 15.3 Å². The smallest absolute Gasteiger partial charge is 0.329 e. The number of nitrogens with zero attached hydrogens (tertiary/aromatic N) is 1. The molecule has 7 nitrogen and oxygen atoms in total. The summed E-state index contributed by atoms with van der Waals surface area (Å²) >= 11 is 4.12. The van der Waals surface area contributed by atoms with Crippen LogP contribution in [0.1, 0.15) is 10.9 Å². The number of hydrogen-bond acceptors (Lipinski definition) is 6. The van der Waals surface area contributed by atoms with Gasteiger partial charge in [-0.05, 0) is 11.1 Å². The van der Waals surface area contributed by atoms with E-state index < -0.39 is 34.1 Å². The molecule has 1 fully saturated rings. The number of H-pyrrole nitrogens is 1. The zero-order chi connectivity index (χ0) is 14.9. The first-order valence-corrected chi connectivity index (χ1v) is 7.60. The molecule has 2 rings (SSSR count). The molecule has 4 atom stereocenters. The Morgan fingerprint density at radius 1 is 1.40 bits per heavy atom. The van der Waals surface area contributed by atoms with E-state index in [1.807, 2.05) is 0 Å². The van der Waals surface area contributed by atoms with Crippen LogP contribution < -0.4 is 11.2 Å². The van der Waals surface area contributed by atoms with Gasteiger partial charge >= 0.3 is 5.69 Å². The molecular weight excluding hydrogens is 352 g/mol. The van der Waals surface area contributed by atoms with Crippen LogP contribution in [-0.2, 0) is 0 Å². The Bertz CT molecular complexity index is 628. The van der Waals surface area contributed by atoms with Crippen molar-refractivity contribution < 1.29 is 15.3 Å². The molecule has 4 N–H and O–H groups in total. The van der Waals surface area contributed by atoms with Crippen LogP contribution in [0.2, 0.25) is 0 Å². The van der Waals surface area contributed by atoms with E-state index in [0.717, 1.165) is 16.3 Å². The van der Waals surface area contributed by atoms with Crippen LogP contribution in [0, 0.1) is 0 Å². The van der Waals surface area contributed by atoms with Crippen molar-refractivity contribution in [2.75, 3.05) is 6.61 Å². The summed E-state index contributed by atoms with van der Waals surface area (Å²) in [5.74, 6) is 0. The summed E-state index contributed by atoms with van der Waals surface area (Å²) in [7, 11) is 0. The standard InChI is InChI=1S/C11H13BrN2O5S/c12-2-1-5-3-14(11(19)13-9(5)18)10-8(17)7(16)6(4-15)20-10/h1-3,6-8,10,15-17H,4H2,(H,13,18,19)/b2-1+/t6-,7-,8-,10-/m1/s1. The fourth-order valence-electron chi connectivity index (χ4n) is 1.99. The van der Waals surface area contributed by atoms with Gasteiger partial charge in [-0.1, -0.05) is 15.9 Å². The molecule has 0 spiro atoms. The van der Waals surface area contributed by atoms with Gasteiger partial charge in [-0.15, -0.1) is 11.8 Å². The number of nitrogens with one attached hydrogen (secondary N) is 1. The number of aliphatic hydroxyl groups is 3. The van der Waals surface area contributed by atoms with Gasteiger partial charge in [0, 0.05) is 6.20 Å². The molecule has 20 heavy (non-hydrogen) atoms. The molecule has 1 aliphatic heterocycles. The molecule has 1 saturated heterocycles. The fourth-order valence-corrected chi connectivity index (χ4v) is 3.65. The van der Waals surface area contributed by atoms with Gasteiger partial charge in [0.15, 0.2) is 0 Å². The molecule has 1 aromatic heterocycles. The normalized spacial score (nSPS) is 30.2. The van der Waals surface area contributed by atoms with E-state index in [4.69, 9.17) is 5.11 Å². The molecule has 1 aliphatic rings. The Morgan fingerprint density at radius 3 is 2.65 bits per heavy atom. The highest BCUT2D eigenvalue weighted by Gasteiger charge is 2.43. The molecule has 0 aromatic carbocycles. The quantitative estimate of drug-likeness (QED) is 0.559. The van der Waals surface area contributed by atoms with Gasteiger partial charge in [-0.2, -0.15) is 0 Å². The van der Waals surface area contributed by atoms with E-state index in [1.54, 1.807) is 0 Å². The Labute approximate surface area is 126 Å². The maximum atomic E-state index is 11.8. The second kappa shape index (κ2) is 6.27. The van der Waals surface area contributed by atoms with Gasteiger partial charge in [0.25, 0.3) is 5.56 Å². The van der Waals surface area contributed by atoms with E-state index in [1.165, 1.54) is 17.3 Å². The van der Waals surface area contributed by atoms with Gasteiger partial charge in [0.2, 0.25) is 0 Å². The van der Waals surface area contributed by atoms with Crippen molar-refractivity contribution in [3.63, 3.8) is 0 Å². The minimum atomic E-state index is -1.21. The Balaban J connectivity index is 2.46. The van der Waals surface area contributed by atoms with Crippen LogP contribution in [0.3, 0.4) is 0 Å². The topological polar surface area (TPSA) is 116 Å². The van der Waals surface area contributed by atoms with E-state index in [0.29, 0.717) is 0 Å². The molecule has 0 unspecified atom stereocenters. The average Bonchev–Trinajstić information content (AvgIpc) is 2.70. The Kier molecular flexibility index (Phi) is 4.86. The number of thioether (sulfide) groups is 1. The predicted octanol–water partition coefficient (Wildman–Crippen LogP) is -0.770. The third-order valence-corrected chi connectivity index (χ3v) is 4.86. The lowest BCUT2D eigenvalue weighted by atomic mass is 10.1. The highest BCUT2D eigenvalue weighted by atomic mass is 79.9. The van der Waals surface area contributed by atoms with Crippen LogP contribution in [0.5, 0.6) is 0 Å². The van der Waals surface area contributed by atoms with E-state index >= 15 is 0 Å². The Morgan fingerprint density at radius 2 is 2.10 bits per heavy atom. The maximum absolute atomic E-state index is 11.8. The second-order valence-electron chi connectivity index (χ2n) is 4.27. The molecule has 9 heteroatoms. The zero-order valence-corrected chi connectivity index (χ0v) is 12.5. The zero-order valence-electron chi connectivity index (χ0n) is 10.1. The van der Waals surface area contributed by atoms with Crippen LogP contribution >= 0.6 is 27.7 Å². The van der Waals surface area contributed by atoms with Crippen LogP contribution in [0.15, 0.2) is 20.8 Å². The van der Waals surface area contributed by atoms with Crippen molar-refractivity contribution in [1.82, 2.24) is 9.55 Å². The lowest BCUT2D eigenvalue weighted by Gasteiger charge is -2.17. The number of aromatic amines is 1. The number of hydrogen-bond donors (Lipinski definition) is 4. The minimum absolute atomic E-state index is 0.233. The maximum Gasteiger partial charge on any atom is 0.329 e. The molecule has 1 aromatic rings. The van der Waals surface area contributed by atoms with Crippen molar-refractivity contribution in [2.24, 2.45) is 0 Å². The van der Waals surface area contributed by atoms with Gasteiger partial charge in [0.1, 0.15) is 11.5 Å². The van der Waals surface area contributed by atoms with Gasteiger partial charge in [0.05, 0.1) is 23.5 Å². The minimum Gasteiger partial charge on any atom is -0.395 e. The first kappa shape index (κ1) is 15.5. The first-order chi connectivity index (χ1) is 9.49. The molecule has 0 bridgehead atoms. The highest BCUT2D eigenvalue weighted by molar-refractivity contribution is 9.11. The molecular formula is C11H13BrN2O5S. The summed E-state index contributed by atoms with van der Waals surface area (Å²) < 4.78 is 1.15. The molecule has 110 valence electrons. The lowest BCUT2D eigenvalue weighted by molar-refractivity contribution is 0.0101. The van der Waals surface area contributed by atoms with Crippen molar-refractivity contribution in [1.29, 1.82) is 0 Å². The molecule has 2 heterocycles. The summed E-state index contributed by atoms with van der Waals surface area (Å²) in [6.45, 7) is -0.314. The molecule has 0 amide bonds. The van der Waals surface area contributed by atoms with Crippen molar-refractivity contribution in [3.8, 4) is 0 Å². The third kappa shape index (κ3) is 2.77. The number of aromatic nitrogens is 2. The van der Waals surface area contributed by atoms with Crippen LogP contribution in [0.4, 0.5) is 0 Å². The predicted molar refractivity (Wildman–Crippen MR) is 78.8 cm³/mol. The summed E-state index contributed by atoms with van der Waals surface area (Å²) in [5, 5.41) is 27.5. The number of aliphatic hydroxyl groups excluding tert-OH is 3. The summed E-state index contributed by atoms with van der Waals surface area (Å²) in [6, 6.07) is 0.